The van der Waals surface area contributed by atoms with Gasteiger partial charge in [-0.2, -0.15) is 11.8 Å². The van der Waals surface area contributed by atoms with Crippen molar-refractivity contribution in [2.75, 3.05) is 0 Å². The highest BCUT2D eigenvalue weighted by Gasteiger charge is 2.23. The van der Waals surface area contributed by atoms with Crippen LogP contribution in [0.5, 0.6) is 0 Å². The third kappa shape index (κ3) is 3.50. The van der Waals surface area contributed by atoms with Gasteiger partial charge in [-0.1, -0.05) is 26.7 Å². The molecular weight excluding hydrogens is 140 g/mol. The second-order valence-electron chi connectivity index (χ2n) is 3.14. The van der Waals surface area contributed by atoms with Gasteiger partial charge in [-0.15, -0.1) is 0 Å². The summed E-state index contributed by atoms with van der Waals surface area (Å²) in [6.45, 7) is 6.19. The number of unbranched alkanes of at least 4 members (excludes halogenated alkanes) is 1. The lowest BCUT2D eigenvalue weighted by molar-refractivity contribution is 0.740. The predicted molar refractivity (Wildman–Crippen MR) is 49.3 cm³/mol. The molecule has 0 spiro atoms. The molecule has 1 unspecified atom stereocenters. The first-order valence-corrected chi connectivity index (χ1v) is 5.22. The van der Waals surface area contributed by atoms with Crippen LogP contribution in [0.4, 0.5) is 0 Å². The molecular formula is C9H17S. The van der Waals surface area contributed by atoms with E-state index >= 15 is 0 Å². The Balaban J connectivity index is 1.91. The average Bonchev–Trinajstić information content (AvgIpc) is 2.67. The third-order valence-corrected chi connectivity index (χ3v) is 3.37. The molecule has 0 aromatic heterocycles. The van der Waals surface area contributed by atoms with Crippen molar-refractivity contribution in [3.05, 3.63) is 6.92 Å². The van der Waals surface area contributed by atoms with Crippen LogP contribution in [0.25, 0.3) is 0 Å². The van der Waals surface area contributed by atoms with Gasteiger partial charge in [0.25, 0.3) is 0 Å². The van der Waals surface area contributed by atoms with Crippen molar-refractivity contribution in [3.63, 3.8) is 0 Å². The number of hydrogen-bond donors (Lipinski definition) is 0. The van der Waals surface area contributed by atoms with Crippen LogP contribution in [0.2, 0.25) is 0 Å². The van der Waals surface area contributed by atoms with Crippen molar-refractivity contribution in [1.29, 1.82) is 0 Å². The first-order valence-electron chi connectivity index (χ1n) is 4.27. The van der Waals surface area contributed by atoms with Crippen molar-refractivity contribution in [3.8, 4) is 0 Å². The SMILES string of the molecule is [CH2]CCCC(C)SC1CC1. The molecule has 0 saturated heterocycles. The molecule has 1 fully saturated rings. The van der Waals surface area contributed by atoms with Crippen molar-refractivity contribution in [2.45, 2.75) is 49.5 Å². The maximum atomic E-state index is 3.84. The predicted octanol–water partition coefficient (Wildman–Crippen LogP) is 3.27. The van der Waals surface area contributed by atoms with Crippen LogP contribution in [0.1, 0.15) is 39.0 Å². The van der Waals surface area contributed by atoms with E-state index in [9.17, 15) is 0 Å². The van der Waals surface area contributed by atoms with Crippen LogP contribution in [-0.4, -0.2) is 10.5 Å². The molecule has 0 aliphatic heterocycles. The van der Waals surface area contributed by atoms with Crippen LogP contribution < -0.4 is 0 Å². The first kappa shape index (κ1) is 8.45. The molecule has 1 aliphatic rings. The van der Waals surface area contributed by atoms with Crippen molar-refractivity contribution in [2.24, 2.45) is 0 Å². The van der Waals surface area contributed by atoms with Crippen LogP contribution in [0.3, 0.4) is 0 Å². The molecule has 1 rings (SSSR count). The van der Waals surface area contributed by atoms with Crippen molar-refractivity contribution < 1.29 is 0 Å². The highest BCUT2D eigenvalue weighted by atomic mass is 32.2. The van der Waals surface area contributed by atoms with Crippen LogP contribution >= 0.6 is 11.8 Å². The minimum Gasteiger partial charge on any atom is -0.155 e. The number of thioether (sulfide) groups is 1. The summed E-state index contributed by atoms with van der Waals surface area (Å²) >= 11 is 2.18. The molecule has 1 heteroatoms. The Morgan fingerprint density at radius 3 is 2.80 bits per heavy atom. The lowest BCUT2D eigenvalue weighted by atomic mass is 10.2. The number of hydrogen-bond acceptors (Lipinski definition) is 1. The zero-order valence-corrected chi connectivity index (χ0v) is 7.62. The van der Waals surface area contributed by atoms with Gasteiger partial charge in [0, 0.05) is 10.5 Å². The van der Waals surface area contributed by atoms with Gasteiger partial charge in [-0.25, -0.2) is 0 Å². The second kappa shape index (κ2) is 4.27. The number of rotatable bonds is 5. The molecule has 1 aliphatic carbocycles. The Morgan fingerprint density at radius 1 is 1.60 bits per heavy atom. The van der Waals surface area contributed by atoms with E-state index in [1.54, 1.807) is 0 Å². The third-order valence-electron chi connectivity index (χ3n) is 1.81. The lowest BCUT2D eigenvalue weighted by Gasteiger charge is -2.08. The van der Waals surface area contributed by atoms with Gasteiger partial charge >= 0.3 is 0 Å². The van der Waals surface area contributed by atoms with Crippen molar-refractivity contribution >= 4 is 11.8 Å². The van der Waals surface area contributed by atoms with E-state index in [4.69, 9.17) is 0 Å². The van der Waals surface area contributed by atoms with Gasteiger partial charge in [0.05, 0.1) is 0 Å². The molecule has 0 N–H and O–H groups in total. The van der Waals surface area contributed by atoms with E-state index in [0.717, 1.165) is 16.9 Å². The van der Waals surface area contributed by atoms with E-state index < -0.39 is 0 Å². The van der Waals surface area contributed by atoms with Gasteiger partial charge in [0.2, 0.25) is 0 Å². The largest absolute Gasteiger partial charge is 0.155 e. The molecule has 0 amide bonds. The van der Waals surface area contributed by atoms with Gasteiger partial charge in [-0.3, -0.25) is 0 Å². The Hall–Kier alpha value is 0.350. The fraction of sp³-hybridized carbons (Fsp3) is 0.889. The molecule has 1 atom stereocenters. The summed E-state index contributed by atoms with van der Waals surface area (Å²) in [7, 11) is 0. The quantitative estimate of drug-likeness (QED) is 0.590. The summed E-state index contributed by atoms with van der Waals surface area (Å²) < 4.78 is 0. The molecule has 0 bridgehead atoms. The topological polar surface area (TPSA) is 0 Å². The summed E-state index contributed by atoms with van der Waals surface area (Å²) in [6, 6.07) is 0. The molecule has 0 aromatic rings. The summed E-state index contributed by atoms with van der Waals surface area (Å²) in [5, 5.41) is 1.91. The molecule has 10 heavy (non-hydrogen) atoms. The van der Waals surface area contributed by atoms with Crippen molar-refractivity contribution in [1.82, 2.24) is 0 Å². The fourth-order valence-electron chi connectivity index (χ4n) is 1.03. The van der Waals surface area contributed by atoms with Crippen LogP contribution in [0, 0.1) is 6.92 Å². The Labute approximate surface area is 68.8 Å². The molecule has 0 heterocycles. The summed E-state index contributed by atoms with van der Waals surface area (Å²) in [4.78, 5) is 0. The van der Waals surface area contributed by atoms with Crippen LogP contribution in [0.15, 0.2) is 0 Å². The molecule has 0 nitrogen and oxygen atoms in total. The zero-order valence-electron chi connectivity index (χ0n) is 6.81. The Morgan fingerprint density at radius 2 is 2.30 bits per heavy atom. The minimum atomic E-state index is 0.884. The maximum Gasteiger partial charge on any atom is 0.00505 e. The molecule has 1 saturated carbocycles. The summed E-state index contributed by atoms with van der Waals surface area (Å²) in [6.07, 6.45) is 6.72. The average molecular weight is 157 g/mol. The standard InChI is InChI=1S/C9H17S/c1-3-4-5-8(2)10-9-6-7-9/h8-9H,1,3-7H2,2H3. The first-order chi connectivity index (χ1) is 4.83. The second-order valence-corrected chi connectivity index (χ2v) is 4.89. The Kier molecular flexibility index (Phi) is 3.61. The van der Waals surface area contributed by atoms with E-state index in [0.29, 0.717) is 0 Å². The molecule has 1 radical (unpaired) electrons. The molecule has 0 aromatic carbocycles. The fourth-order valence-corrected chi connectivity index (χ4v) is 2.40. The normalized spacial score (nSPS) is 21.0. The van der Waals surface area contributed by atoms with Gasteiger partial charge < -0.3 is 0 Å². The van der Waals surface area contributed by atoms with Gasteiger partial charge in [0.1, 0.15) is 0 Å². The molecule has 59 valence electrons. The smallest absolute Gasteiger partial charge is 0.00505 e. The highest BCUT2D eigenvalue weighted by molar-refractivity contribution is 8.00. The van der Waals surface area contributed by atoms with E-state index in [-0.39, 0.29) is 0 Å². The summed E-state index contributed by atoms with van der Waals surface area (Å²) in [5.41, 5.74) is 0. The van der Waals surface area contributed by atoms with Gasteiger partial charge in [-0.05, 0) is 19.3 Å². The summed E-state index contributed by atoms with van der Waals surface area (Å²) in [5.74, 6) is 0. The van der Waals surface area contributed by atoms with E-state index in [1.165, 1.54) is 25.7 Å². The minimum absolute atomic E-state index is 0.884. The monoisotopic (exact) mass is 157 g/mol. The van der Waals surface area contributed by atoms with Gasteiger partial charge in [0.15, 0.2) is 0 Å². The van der Waals surface area contributed by atoms with Crippen LogP contribution in [-0.2, 0) is 0 Å². The van der Waals surface area contributed by atoms with E-state index in [1.807, 2.05) is 0 Å². The zero-order chi connectivity index (χ0) is 7.40. The highest BCUT2D eigenvalue weighted by Crippen LogP contribution is 2.37. The lowest BCUT2D eigenvalue weighted by Crippen LogP contribution is -1.96. The van der Waals surface area contributed by atoms with E-state index in [2.05, 4.69) is 25.6 Å². The maximum absolute atomic E-state index is 3.84. The Bertz CT molecular complexity index is 86.7.